The van der Waals surface area contributed by atoms with Crippen LogP contribution in [0.4, 0.5) is 11.4 Å². The van der Waals surface area contributed by atoms with Crippen molar-refractivity contribution < 1.29 is 4.79 Å². The summed E-state index contributed by atoms with van der Waals surface area (Å²) >= 11 is 3.12. The first kappa shape index (κ1) is 19.9. The number of para-hydroxylation sites is 1. The van der Waals surface area contributed by atoms with E-state index in [-0.39, 0.29) is 5.91 Å². The molecule has 1 fully saturated rings. The predicted molar refractivity (Wildman–Crippen MR) is 125 cm³/mol. The van der Waals surface area contributed by atoms with E-state index < -0.39 is 0 Å². The summed E-state index contributed by atoms with van der Waals surface area (Å²) in [6.07, 6.45) is 1.75. The lowest BCUT2D eigenvalue weighted by molar-refractivity contribution is -0.121. The largest absolute Gasteiger partial charge is 0.334 e. The van der Waals surface area contributed by atoms with Crippen molar-refractivity contribution in [3.8, 4) is 0 Å². The van der Waals surface area contributed by atoms with E-state index >= 15 is 0 Å². The fourth-order valence-corrected chi connectivity index (χ4v) is 5.85. The van der Waals surface area contributed by atoms with E-state index in [9.17, 15) is 4.79 Å². The van der Waals surface area contributed by atoms with Crippen LogP contribution in [-0.2, 0) is 4.79 Å². The number of nitrogens with zero attached hydrogens (tertiary/aromatic N) is 3. The number of benzene rings is 2. The van der Waals surface area contributed by atoms with Crippen LogP contribution in [0.5, 0.6) is 0 Å². The second kappa shape index (κ2) is 8.13. The number of fused-ring (bicyclic) bond motifs is 1. The molecule has 2 aliphatic rings. The molecule has 2 aliphatic heterocycles. The fraction of sp³-hybridized carbons (Fsp3) is 0.217. The van der Waals surface area contributed by atoms with Gasteiger partial charge < -0.3 is 4.90 Å². The average molecular weight is 422 g/mol. The summed E-state index contributed by atoms with van der Waals surface area (Å²) in [4.78, 5) is 24.0. The van der Waals surface area contributed by atoms with E-state index in [0.29, 0.717) is 11.7 Å². The van der Waals surface area contributed by atoms with Crippen molar-refractivity contribution in [2.75, 3.05) is 18.0 Å². The highest BCUT2D eigenvalue weighted by Gasteiger charge is 2.39. The number of aliphatic imine (C=N–C) groups is 1. The van der Waals surface area contributed by atoms with Gasteiger partial charge in [-0.25, -0.2) is 4.99 Å². The van der Waals surface area contributed by atoms with Crippen LogP contribution in [0.25, 0.3) is 0 Å². The number of amidine groups is 1. The molecule has 1 amide bonds. The topological polar surface area (TPSA) is 35.9 Å². The summed E-state index contributed by atoms with van der Waals surface area (Å²) in [6, 6.07) is 14.5. The zero-order chi connectivity index (χ0) is 20.5. The molecule has 2 aromatic carbocycles. The highest BCUT2D eigenvalue weighted by molar-refractivity contribution is 8.19. The molecule has 0 atom stereocenters. The maximum atomic E-state index is 13.3. The third kappa shape index (κ3) is 3.63. The van der Waals surface area contributed by atoms with Gasteiger partial charge in [-0.15, -0.1) is 6.58 Å². The minimum absolute atomic E-state index is 0.00725. The van der Waals surface area contributed by atoms with E-state index in [2.05, 4.69) is 43.5 Å². The third-order valence-electron chi connectivity index (χ3n) is 4.86. The van der Waals surface area contributed by atoms with Crippen molar-refractivity contribution in [1.82, 2.24) is 4.90 Å². The molecule has 0 bridgehead atoms. The number of amides is 1. The third-order valence-corrected chi connectivity index (χ3v) is 7.24. The number of aryl methyl sites for hydroxylation is 2. The minimum Gasteiger partial charge on any atom is -0.334 e. The molecule has 4 nitrogen and oxygen atoms in total. The SMILES string of the molecule is C=CCN1C(=O)C(=C2Sc3ccccc3N2CC)SC1=Nc1ccc(C)cc1C. The summed E-state index contributed by atoms with van der Waals surface area (Å²) < 4.78 is 0. The summed E-state index contributed by atoms with van der Waals surface area (Å²) in [7, 11) is 0. The fourth-order valence-electron chi connectivity index (χ4n) is 3.46. The van der Waals surface area contributed by atoms with E-state index in [4.69, 9.17) is 4.99 Å². The molecule has 0 aliphatic carbocycles. The summed E-state index contributed by atoms with van der Waals surface area (Å²) in [5.74, 6) is -0.00725. The Morgan fingerprint density at radius 2 is 1.90 bits per heavy atom. The van der Waals surface area contributed by atoms with Crippen LogP contribution in [-0.4, -0.2) is 29.1 Å². The number of carbonyl (C=O) groups excluding carboxylic acids is 1. The lowest BCUT2D eigenvalue weighted by atomic mass is 10.1. The van der Waals surface area contributed by atoms with Crippen LogP contribution < -0.4 is 4.90 Å². The Morgan fingerprint density at radius 1 is 1.10 bits per heavy atom. The maximum Gasteiger partial charge on any atom is 0.269 e. The Bertz CT molecular complexity index is 1060. The molecular weight excluding hydrogens is 398 g/mol. The number of anilines is 1. The second-order valence-electron chi connectivity index (χ2n) is 6.94. The number of carbonyl (C=O) groups is 1. The van der Waals surface area contributed by atoms with E-state index in [1.807, 2.05) is 31.2 Å². The number of hydrogen-bond acceptors (Lipinski definition) is 5. The molecule has 1 saturated heterocycles. The van der Waals surface area contributed by atoms with Gasteiger partial charge in [0.1, 0.15) is 9.93 Å². The molecule has 0 aromatic heterocycles. The van der Waals surface area contributed by atoms with Crippen molar-refractivity contribution in [2.24, 2.45) is 4.99 Å². The lowest BCUT2D eigenvalue weighted by Crippen LogP contribution is -2.30. The number of hydrogen-bond donors (Lipinski definition) is 0. The molecule has 0 saturated carbocycles. The van der Waals surface area contributed by atoms with Crippen molar-refractivity contribution >= 4 is 46.0 Å². The average Bonchev–Trinajstić information content (AvgIpc) is 3.22. The van der Waals surface area contributed by atoms with Crippen molar-refractivity contribution in [2.45, 2.75) is 25.7 Å². The van der Waals surface area contributed by atoms with E-state index in [0.717, 1.165) is 33.4 Å². The monoisotopic (exact) mass is 421 g/mol. The van der Waals surface area contributed by atoms with Crippen molar-refractivity contribution in [1.29, 1.82) is 0 Å². The van der Waals surface area contributed by atoms with Gasteiger partial charge in [-0.1, -0.05) is 47.7 Å². The second-order valence-corrected chi connectivity index (χ2v) is 8.95. The Hall–Kier alpha value is -2.44. The molecule has 6 heteroatoms. The Balaban J connectivity index is 1.77. The zero-order valence-electron chi connectivity index (χ0n) is 16.8. The van der Waals surface area contributed by atoms with E-state index in [1.165, 1.54) is 22.2 Å². The first-order chi connectivity index (χ1) is 14.0. The van der Waals surface area contributed by atoms with Gasteiger partial charge in [-0.3, -0.25) is 9.69 Å². The molecule has 2 heterocycles. The van der Waals surface area contributed by atoms with Gasteiger partial charge >= 0.3 is 0 Å². The lowest BCUT2D eigenvalue weighted by Gasteiger charge is -2.19. The molecule has 29 heavy (non-hydrogen) atoms. The predicted octanol–water partition coefficient (Wildman–Crippen LogP) is 5.85. The van der Waals surface area contributed by atoms with E-state index in [1.54, 1.807) is 22.7 Å². The summed E-state index contributed by atoms with van der Waals surface area (Å²) in [5.41, 5.74) is 4.35. The molecule has 0 spiro atoms. The van der Waals surface area contributed by atoms with Crippen LogP contribution in [0, 0.1) is 13.8 Å². The summed E-state index contributed by atoms with van der Waals surface area (Å²) in [5, 5.41) is 1.69. The normalized spacial score (nSPS) is 20.0. The first-order valence-corrected chi connectivity index (χ1v) is 11.2. The van der Waals surface area contributed by atoms with Gasteiger partial charge in [0.25, 0.3) is 5.91 Å². The standard InChI is InChI=1S/C23H23N3OS2/c1-5-13-26-21(27)20(22-25(6-2)18-9-7-8-10-19(18)28-22)29-23(26)24-17-12-11-15(3)14-16(17)4/h5,7-12,14H,1,6,13H2,2-4H3. The Morgan fingerprint density at radius 3 is 2.62 bits per heavy atom. The van der Waals surface area contributed by atoms with Gasteiger partial charge in [0.2, 0.25) is 0 Å². The number of thioether (sulfide) groups is 2. The molecular formula is C23H23N3OS2. The highest BCUT2D eigenvalue weighted by atomic mass is 32.2. The molecule has 4 rings (SSSR count). The van der Waals surface area contributed by atoms with Crippen molar-refractivity contribution in [3.63, 3.8) is 0 Å². The van der Waals surface area contributed by atoms with Gasteiger partial charge in [-0.05, 0) is 56.3 Å². The smallest absolute Gasteiger partial charge is 0.269 e. The Kier molecular flexibility index (Phi) is 5.56. The van der Waals surface area contributed by atoms with Gasteiger partial charge in [-0.2, -0.15) is 0 Å². The minimum atomic E-state index is -0.00725. The van der Waals surface area contributed by atoms with Crippen LogP contribution in [0.15, 0.2) is 74.9 Å². The van der Waals surface area contributed by atoms with Crippen LogP contribution >= 0.6 is 23.5 Å². The van der Waals surface area contributed by atoms with Crippen LogP contribution in [0.1, 0.15) is 18.1 Å². The molecule has 0 N–H and O–H groups in total. The molecule has 0 radical (unpaired) electrons. The molecule has 2 aromatic rings. The van der Waals surface area contributed by atoms with Crippen molar-refractivity contribution in [3.05, 3.63) is 76.2 Å². The van der Waals surface area contributed by atoms with Gasteiger partial charge in [0, 0.05) is 18.0 Å². The number of rotatable bonds is 4. The Labute approximate surface area is 180 Å². The summed E-state index contributed by atoms with van der Waals surface area (Å²) in [6.45, 7) is 11.3. The zero-order valence-corrected chi connectivity index (χ0v) is 18.4. The maximum absolute atomic E-state index is 13.3. The van der Waals surface area contributed by atoms with Gasteiger partial charge in [0.15, 0.2) is 5.17 Å². The highest BCUT2D eigenvalue weighted by Crippen LogP contribution is 2.50. The van der Waals surface area contributed by atoms with Crippen LogP contribution in [0.3, 0.4) is 0 Å². The molecule has 148 valence electrons. The van der Waals surface area contributed by atoms with Crippen LogP contribution in [0.2, 0.25) is 0 Å². The molecule has 0 unspecified atom stereocenters. The first-order valence-electron chi connectivity index (χ1n) is 9.58. The van der Waals surface area contributed by atoms with Gasteiger partial charge in [0.05, 0.1) is 11.4 Å². The quantitative estimate of drug-likeness (QED) is 0.458.